The van der Waals surface area contributed by atoms with Gasteiger partial charge in [0.1, 0.15) is 0 Å². The standard InChI is InChI=1S/C14H23N3O2S/c15-16-14(19)13-7-6-12(20-13)10-17(8-9-18)11-4-2-1-3-5-11/h6-7,11,18H,1-5,8-10,15H2,(H,16,19). The number of carbonyl (C=O) groups excluding carboxylic acids is 1. The predicted molar refractivity (Wildman–Crippen MR) is 80.3 cm³/mol. The van der Waals surface area contributed by atoms with E-state index in [0.29, 0.717) is 17.5 Å². The molecule has 2 rings (SSSR count). The number of nitrogens with zero attached hydrogens (tertiary/aromatic N) is 1. The lowest BCUT2D eigenvalue weighted by atomic mass is 9.94. The van der Waals surface area contributed by atoms with E-state index >= 15 is 0 Å². The van der Waals surface area contributed by atoms with Crippen LogP contribution in [0.4, 0.5) is 0 Å². The third-order valence-electron chi connectivity index (χ3n) is 3.85. The SMILES string of the molecule is NNC(=O)c1ccc(CN(CCO)C2CCCCC2)s1. The van der Waals surface area contributed by atoms with E-state index < -0.39 is 0 Å². The summed E-state index contributed by atoms with van der Waals surface area (Å²) in [5.74, 6) is 4.90. The Morgan fingerprint density at radius 3 is 2.80 bits per heavy atom. The fraction of sp³-hybridized carbons (Fsp3) is 0.643. The van der Waals surface area contributed by atoms with Gasteiger partial charge in [-0.05, 0) is 25.0 Å². The van der Waals surface area contributed by atoms with Gasteiger partial charge in [-0.25, -0.2) is 5.84 Å². The minimum absolute atomic E-state index is 0.179. The number of hydrazine groups is 1. The maximum absolute atomic E-state index is 11.5. The molecule has 1 heterocycles. The molecular formula is C14H23N3O2S. The molecule has 0 spiro atoms. The van der Waals surface area contributed by atoms with Gasteiger partial charge in [-0.15, -0.1) is 11.3 Å². The van der Waals surface area contributed by atoms with Gasteiger partial charge in [-0.3, -0.25) is 15.1 Å². The zero-order valence-electron chi connectivity index (χ0n) is 11.7. The van der Waals surface area contributed by atoms with Gasteiger partial charge in [0.2, 0.25) is 0 Å². The molecule has 0 saturated heterocycles. The summed E-state index contributed by atoms with van der Waals surface area (Å²) in [5.41, 5.74) is 2.15. The first kappa shape index (κ1) is 15.4. The van der Waals surface area contributed by atoms with Crippen LogP contribution in [0, 0.1) is 0 Å². The van der Waals surface area contributed by atoms with Crippen molar-refractivity contribution in [2.45, 2.75) is 44.7 Å². The Labute approximate surface area is 123 Å². The van der Waals surface area contributed by atoms with Gasteiger partial charge >= 0.3 is 0 Å². The summed E-state index contributed by atoms with van der Waals surface area (Å²) in [6.07, 6.45) is 6.29. The Hall–Kier alpha value is -0.950. The molecule has 0 unspecified atom stereocenters. The number of nitrogen functional groups attached to an aromatic ring is 1. The fourth-order valence-corrected chi connectivity index (χ4v) is 3.76. The lowest BCUT2D eigenvalue weighted by Gasteiger charge is -2.33. The van der Waals surface area contributed by atoms with Gasteiger partial charge in [-0.1, -0.05) is 19.3 Å². The number of carbonyl (C=O) groups is 1. The molecule has 1 amide bonds. The van der Waals surface area contributed by atoms with Crippen molar-refractivity contribution >= 4 is 17.2 Å². The van der Waals surface area contributed by atoms with E-state index in [0.717, 1.165) is 11.4 Å². The molecule has 1 aromatic rings. The van der Waals surface area contributed by atoms with Crippen LogP contribution in [-0.4, -0.2) is 35.1 Å². The lowest BCUT2D eigenvalue weighted by Crippen LogP contribution is -2.38. The van der Waals surface area contributed by atoms with Crippen LogP contribution in [0.1, 0.15) is 46.7 Å². The Kier molecular flexibility index (Phi) is 5.97. The maximum atomic E-state index is 11.5. The number of nitrogens with two attached hydrogens (primary N) is 1. The molecule has 1 aromatic heterocycles. The number of aliphatic hydroxyl groups is 1. The maximum Gasteiger partial charge on any atom is 0.275 e. The number of aliphatic hydroxyl groups excluding tert-OH is 1. The summed E-state index contributed by atoms with van der Waals surface area (Å²) in [6, 6.07) is 4.34. The zero-order valence-corrected chi connectivity index (χ0v) is 12.5. The number of nitrogens with one attached hydrogen (secondary N) is 1. The second-order valence-corrected chi connectivity index (χ2v) is 6.39. The van der Waals surface area contributed by atoms with Crippen molar-refractivity contribution in [3.8, 4) is 0 Å². The molecule has 5 nitrogen and oxygen atoms in total. The summed E-state index contributed by atoms with van der Waals surface area (Å²) in [4.78, 5) is 15.6. The summed E-state index contributed by atoms with van der Waals surface area (Å²) in [7, 11) is 0. The summed E-state index contributed by atoms with van der Waals surface area (Å²) < 4.78 is 0. The van der Waals surface area contributed by atoms with E-state index in [9.17, 15) is 9.90 Å². The minimum atomic E-state index is -0.243. The molecule has 0 aromatic carbocycles. The molecule has 4 N–H and O–H groups in total. The highest BCUT2D eigenvalue weighted by atomic mass is 32.1. The van der Waals surface area contributed by atoms with Crippen molar-refractivity contribution in [3.63, 3.8) is 0 Å². The first-order chi connectivity index (χ1) is 9.74. The van der Waals surface area contributed by atoms with Gasteiger partial charge in [0.05, 0.1) is 11.5 Å². The second-order valence-electron chi connectivity index (χ2n) is 5.23. The molecule has 6 heteroatoms. The minimum Gasteiger partial charge on any atom is -0.395 e. The average molecular weight is 297 g/mol. The topological polar surface area (TPSA) is 78.6 Å². The predicted octanol–water partition coefficient (Wildman–Crippen LogP) is 1.48. The smallest absolute Gasteiger partial charge is 0.275 e. The third-order valence-corrected chi connectivity index (χ3v) is 4.92. The van der Waals surface area contributed by atoms with Crippen LogP contribution in [0.25, 0.3) is 0 Å². The van der Waals surface area contributed by atoms with E-state index in [-0.39, 0.29) is 12.5 Å². The van der Waals surface area contributed by atoms with Gasteiger partial charge in [0.15, 0.2) is 0 Å². The molecule has 0 radical (unpaired) electrons. The van der Waals surface area contributed by atoms with Crippen molar-refractivity contribution in [2.75, 3.05) is 13.2 Å². The van der Waals surface area contributed by atoms with Crippen molar-refractivity contribution in [2.24, 2.45) is 5.84 Å². The van der Waals surface area contributed by atoms with E-state index in [1.165, 1.54) is 43.4 Å². The normalized spacial score (nSPS) is 16.6. The summed E-state index contributed by atoms with van der Waals surface area (Å²) >= 11 is 1.47. The number of thiophene rings is 1. The zero-order chi connectivity index (χ0) is 14.4. The van der Waals surface area contributed by atoms with Gasteiger partial charge < -0.3 is 5.11 Å². The molecule has 20 heavy (non-hydrogen) atoms. The first-order valence-electron chi connectivity index (χ1n) is 7.19. The highest BCUT2D eigenvalue weighted by Crippen LogP contribution is 2.25. The number of hydrogen-bond acceptors (Lipinski definition) is 5. The quantitative estimate of drug-likeness (QED) is 0.422. The highest BCUT2D eigenvalue weighted by Gasteiger charge is 2.21. The van der Waals surface area contributed by atoms with Crippen molar-refractivity contribution < 1.29 is 9.90 Å². The van der Waals surface area contributed by atoms with Crippen molar-refractivity contribution in [1.82, 2.24) is 10.3 Å². The monoisotopic (exact) mass is 297 g/mol. The Morgan fingerprint density at radius 1 is 1.40 bits per heavy atom. The molecule has 0 aliphatic heterocycles. The van der Waals surface area contributed by atoms with Gasteiger partial charge in [0.25, 0.3) is 5.91 Å². The molecule has 1 aliphatic rings. The van der Waals surface area contributed by atoms with Crippen LogP contribution in [0.5, 0.6) is 0 Å². The van der Waals surface area contributed by atoms with Crippen molar-refractivity contribution in [1.29, 1.82) is 0 Å². The summed E-state index contributed by atoms with van der Waals surface area (Å²) in [6.45, 7) is 1.67. The molecule has 1 aliphatic carbocycles. The van der Waals surface area contributed by atoms with Crippen LogP contribution < -0.4 is 11.3 Å². The third kappa shape index (κ3) is 4.02. The second kappa shape index (κ2) is 7.73. The van der Waals surface area contributed by atoms with Gasteiger partial charge in [-0.2, -0.15) is 0 Å². The Bertz CT molecular complexity index is 430. The van der Waals surface area contributed by atoms with Crippen LogP contribution >= 0.6 is 11.3 Å². The molecule has 112 valence electrons. The number of rotatable bonds is 6. The number of hydrogen-bond donors (Lipinski definition) is 3. The van der Waals surface area contributed by atoms with Crippen LogP contribution in [0.15, 0.2) is 12.1 Å². The van der Waals surface area contributed by atoms with Crippen LogP contribution in [-0.2, 0) is 6.54 Å². The molecular weight excluding hydrogens is 274 g/mol. The Balaban J connectivity index is 1.99. The van der Waals surface area contributed by atoms with Gasteiger partial charge in [0, 0.05) is 24.0 Å². The van der Waals surface area contributed by atoms with E-state index in [4.69, 9.17) is 5.84 Å². The van der Waals surface area contributed by atoms with E-state index in [1.807, 2.05) is 6.07 Å². The summed E-state index contributed by atoms with van der Waals surface area (Å²) in [5, 5.41) is 9.26. The van der Waals surface area contributed by atoms with Crippen LogP contribution in [0.2, 0.25) is 0 Å². The largest absolute Gasteiger partial charge is 0.395 e. The molecule has 1 saturated carbocycles. The molecule has 0 atom stereocenters. The fourth-order valence-electron chi connectivity index (χ4n) is 2.82. The highest BCUT2D eigenvalue weighted by molar-refractivity contribution is 7.14. The van der Waals surface area contributed by atoms with E-state index in [1.54, 1.807) is 6.07 Å². The molecule has 1 fully saturated rings. The molecule has 0 bridgehead atoms. The first-order valence-corrected chi connectivity index (χ1v) is 8.01. The average Bonchev–Trinajstić information content (AvgIpc) is 2.95. The lowest BCUT2D eigenvalue weighted by molar-refractivity contribution is 0.0957. The van der Waals surface area contributed by atoms with E-state index in [2.05, 4.69) is 10.3 Å². The Morgan fingerprint density at radius 2 is 2.15 bits per heavy atom. The van der Waals surface area contributed by atoms with Crippen LogP contribution in [0.3, 0.4) is 0 Å². The number of amides is 1. The van der Waals surface area contributed by atoms with Crippen molar-refractivity contribution in [3.05, 3.63) is 21.9 Å².